The first kappa shape index (κ1) is 20.5. The highest BCUT2D eigenvalue weighted by molar-refractivity contribution is 6.31. The number of hydrogen-bond acceptors (Lipinski definition) is 4. The number of aryl methyl sites for hydroxylation is 2. The van der Waals surface area contributed by atoms with Crippen LogP contribution >= 0.6 is 11.6 Å². The van der Waals surface area contributed by atoms with Crippen LogP contribution in [-0.4, -0.2) is 26.1 Å². The molecular weight excluding hydrogens is 396 g/mol. The number of nitrogens with one attached hydrogen (secondary N) is 2. The van der Waals surface area contributed by atoms with E-state index in [4.69, 9.17) is 11.6 Å². The summed E-state index contributed by atoms with van der Waals surface area (Å²) in [6, 6.07) is 11.4. The number of hydrogen-bond donors (Lipinski definition) is 3. The number of halogens is 1. The van der Waals surface area contributed by atoms with Gasteiger partial charge in [-0.05, 0) is 36.8 Å². The summed E-state index contributed by atoms with van der Waals surface area (Å²) in [7, 11) is 0. The van der Waals surface area contributed by atoms with Gasteiger partial charge in [-0.3, -0.25) is 29.6 Å². The highest BCUT2D eigenvalue weighted by Gasteiger charge is 2.15. The highest BCUT2D eigenvalue weighted by atomic mass is 35.5. The van der Waals surface area contributed by atoms with Gasteiger partial charge in [0.25, 0.3) is 5.91 Å². The van der Waals surface area contributed by atoms with Crippen molar-refractivity contribution in [2.75, 3.05) is 0 Å². The number of carbonyl (C=O) groups is 2. The minimum absolute atomic E-state index is 0.0121. The lowest BCUT2D eigenvalue weighted by atomic mass is 10.2. The molecule has 0 fully saturated rings. The normalized spacial score (nSPS) is 10.8. The molecule has 0 aliphatic carbocycles. The van der Waals surface area contributed by atoms with E-state index >= 15 is 0 Å². The number of benzene rings is 2. The van der Waals surface area contributed by atoms with Crippen molar-refractivity contribution in [2.45, 2.75) is 32.9 Å². The Morgan fingerprint density at radius 3 is 2.34 bits per heavy atom. The summed E-state index contributed by atoms with van der Waals surface area (Å²) in [6.07, 6.45) is 0.804. The van der Waals surface area contributed by atoms with Crippen molar-refractivity contribution in [3.8, 4) is 5.75 Å². The van der Waals surface area contributed by atoms with Gasteiger partial charge in [0.2, 0.25) is 5.91 Å². The average Bonchev–Trinajstić information content (AvgIpc) is 2.98. The Morgan fingerprint density at radius 1 is 1.03 bits per heavy atom. The molecule has 1 aromatic heterocycles. The lowest BCUT2D eigenvalue weighted by molar-refractivity contribution is -0.122. The molecule has 2 amide bonds. The molecular formula is C20H21ClN4O4. The highest BCUT2D eigenvalue weighted by Crippen LogP contribution is 2.21. The van der Waals surface area contributed by atoms with Gasteiger partial charge in [-0.1, -0.05) is 30.7 Å². The molecule has 9 heteroatoms. The molecule has 0 atom stereocenters. The average molecular weight is 417 g/mol. The van der Waals surface area contributed by atoms with E-state index in [1.54, 1.807) is 9.13 Å². The molecule has 0 bridgehead atoms. The number of aromatic hydroxyl groups is 1. The fourth-order valence-corrected chi connectivity index (χ4v) is 3.26. The van der Waals surface area contributed by atoms with Crippen LogP contribution in [0.4, 0.5) is 0 Å². The summed E-state index contributed by atoms with van der Waals surface area (Å²) in [5, 5.41) is 10.0. The Kier molecular flexibility index (Phi) is 6.23. The maximum absolute atomic E-state index is 12.7. The molecule has 0 spiro atoms. The lowest BCUT2D eigenvalue weighted by Crippen LogP contribution is -2.42. The zero-order valence-electron chi connectivity index (χ0n) is 15.8. The molecule has 0 aliphatic heterocycles. The Balaban J connectivity index is 1.66. The summed E-state index contributed by atoms with van der Waals surface area (Å²) >= 11 is 5.82. The Morgan fingerprint density at radius 2 is 1.69 bits per heavy atom. The third-order valence-electron chi connectivity index (χ3n) is 4.45. The number of carbonyl (C=O) groups excluding carboxylic acids is 2. The second-order valence-corrected chi connectivity index (χ2v) is 6.92. The van der Waals surface area contributed by atoms with Crippen LogP contribution in [-0.2, 0) is 17.9 Å². The van der Waals surface area contributed by atoms with Crippen LogP contribution in [0, 0.1) is 0 Å². The minimum Gasteiger partial charge on any atom is -0.507 e. The number of nitrogens with zero attached hydrogens (tertiary/aromatic N) is 2. The second-order valence-electron chi connectivity index (χ2n) is 6.49. The largest absolute Gasteiger partial charge is 0.507 e. The van der Waals surface area contributed by atoms with E-state index < -0.39 is 11.8 Å². The quantitative estimate of drug-likeness (QED) is 0.536. The third kappa shape index (κ3) is 4.43. The van der Waals surface area contributed by atoms with Crippen LogP contribution in [0.3, 0.4) is 0 Å². The predicted molar refractivity (Wildman–Crippen MR) is 110 cm³/mol. The van der Waals surface area contributed by atoms with E-state index in [2.05, 4.69) is 10.9 Å². The molecule has 1 heterocycles. The van der Waals surface area contributed by atoms with Gasteiger partial charge in [0.15, 0.2) is 0 Å². The number of fused-ring (bicyclic) bond motifs is 1. The zero-order valence-corrected chi connectivity index (χ0v) is 16.6. The van der Waals surface area contributed by atoms with Gasteiger partial charge in [0, 0.05) is 24.5 Å². The number of amides is 2. The molecule has 0 saturated heterocycles. The molecule has 3 aromatic rings. The summed E-state index contributed by atoms with van der Waals surface area (Å²) in [4.78, 5) is 36.9. The summed E-state index contributed by atoms with van der Waals surface area (Å²) in [5.41, 5.74) is 5.86. The summed E-state index contributed by atoms with van der Waals surface area (Å²) in [5.74, 6) is -1.43. The first-order chi connectivity index (χ1) is 13.9. The van der Waals surface area contributed by atoms with Gasteiger partial charge >= 0.3 is 5.69 Å². The van der Waals surface area contributed by atoms with Crippen LogP contribution in [0.1, 0.15) is 30.1 Å². The van der Waals surface area contributed by atoms with E-state index in [1.807, 2.05) is 31.2 Å². The monoisotopic (exact) mass is 416 g/mol. The van der Waals surface area contributed by atoms with Crippen molar-refractivity contribution in [1.82, 2.24) is 20.0 Å². The van der Waals surface area contributed by atoms with Crippen LogP contribution < -0.4 is 16.5 Å². The van der Waals surface area contributed by atoms with Crippen molar-refractivity contribution < 1.29 is 14.7 Å². The number of rotatable bonds is 6. The molecule has 3 rings (SSSR count). The predicted octanol–water partition coefficient (Wildman–Crippen LogP) is 2.42. The van der Waals surface area contributed by atoms with E-state index in [9.17, 15) is 19.5 Å². The first-order valence-corrected chi connectivity index (χ1v) is 9.56. The molecule has 0 unspecified atom stereocenters. The van der Waals surface area contributed by atoms with E-state index in [0.717, 1.165) is 17.5 Å². The van der Waals surface area contributed by atoms with Crippen molar-refractivity contribution in [2.24, 2.45) is 0 Å². The maximum Gasteiger partial charge on any atom is 0.329 e. The molecule has 152 valence electrons. The van der Waals surface area contributed by atoms with E-state index in [-0.39, 0.29) is 35.0 Å². The number of para-hydroxylation sites is 2. The van der Waals surface area contributed by atoms with Crippen LogP contribution in [0.25, 0.3) is 11.0 Å². The standard InChI is InChI=1S/C20H21ClN4O4/c1-2-10-24-15-5-3-4-6-16(15)25(20(24)29)11-9-18(27)22-23-19(28)14-12-13(21)7-8-17(14)26/h3-8,12,26H,2,9-11H2,1H3,(H,22,27)(H,23,28). The van der Waals surface area contributed by atoms with E-state index in [1.165, 1.54) is 18.2 Å². The fourth-order valence-electron chi connectivity index (χ4n) is 3.09. The maximum atomic E-state index is 12.7. The van der Waals surface area contributed by atoms with Crippen molar-refractivity contribution in [3.05, 3.63) is 63.5 Å². The van der Waals surface area contributed by atoms with Gasteiger partial charge in [-0.25, -0.2) is 4.79 Å². The Hall–Kier alpha value is -3.26. The SMILES string of the molecule is CCCn1c(=O)n(CCC(=O)NNC(=O)c2cc(Cl)ccc2O)c2ccccc21. The summed E-state index contributed by atoms with van der Waals surface area (Å²) < 4.78 is 3.24. The molecule has 2 aromatic carbocycles. The number of aromatic nitrogens is 2. The van der Waals surface area contributed by atoms with E-state index in [0.29, 0.717) is 6.54 Å². The fraction of sp³-hybridized carbons (Fsp3) is 0.250. The van der Waals surface area contributed by atoms with Crippen molar-refractivity contribution >= 4 is 34.4 Å². The number of phenolic OH excluding ortho intramolecular Hbond substituents is 1. The van der Waals surface area contributed by atoms with Gasteiger partial charge < -0.3 is 5.11 Å². The van der Waals surface area contributed by atoms with Gasteiger partial charge in [0.1, 0.15) is 5.75 Å². The zero-order chi connectivity index (χ0) is 21.0. The number of hydrazine groups is 1. The first-order valence-electron chi connectivity index (χ1n) is 9.18. The van der Waals surface area contributed by atoms with Gasteiger partial charge in [-0.15, -0.1) is 0 Å². The van der Waals surface area contributed by atoms with Crippen molar-refractivity contribution in [3.63, 3.8) is 0 Å². The lowest BCUT2D eigenvalue weighted by Gasteiger charge is -2.09. The molecule has 8 nitrogen and oxygen atoms in total. The second kappa shape index (κ2) is 8.83. The van der Waals surface area contributed by atoms with Gasteiger partial charge in [0.05, 0.1) is 16.6 Å². The Bertz CT molecular complexity index is 1120. The van der Waals surface area contributed by atoms with Crippen LogP contribution in [0.15, 0.2) is 47.3 Å². The summed E-state index contributed by atoms with van der Waals surface area (Å²) in [6.45, 7) is 2.75. The topological polar surface area (TPSA) is 105 Å². The van der Waals surface area contributed by atoms with Crippen molar-refractivity contribution in [1.29, 1.82) is 0 Å². The smallest absolute Gasteiger partial charge is 0.329 e. The Labute approximate surface area is 171 Å². The molecule has 0 aliphatic rings. The molecule has 29 heavy (non-hydrogen) atoms. The third-order valence-corrected chi connectivity index (χ3v) is 4.69. The van der Waals surface area contributed by atoms with Crippen LogP contribution in [0.2, 0.25) is 5.02 Å². The van der Waals surface area contributed by atoms with Gasteiger partial charge in [-0.2, -0.15) is 0 Å². The number of phenols is 1. The molecule has 0 radical (unpaired) electrons. The molecule has 0 saturated carbocycles. The molecule has 3 N–H and O–H groups in total. The minimum atomic E-state index is -0.699. The van der Waals surface area contributed by atoms with Crippen LogP contribution in [0.5, 0.6) is 5.75 Å². The number of imidazole rings is 1.